The molecule has 200 valence electrons. The van der Waals surface area contributed by atoms with Crippen molar-refractivity contribution in [2.24, 2.45) is 0 Å². The van der Waals surface area contributed by atoms with Crippen molar-refractivity contribution in [3.8, 4) is 11.1 Å². The lowest BCUT2D eigenvalue weighted by Crippen LogP contribution is -2.29. The van der Waals surface area contributed by atoms with Crippen molar-refractivity contribution in [1.29, 1.82) is 0 Å². The van der Waals surface area contributed by atoms with Gasteiger partial charge >= 0.3 is 0 Å². The van der Waals surface area contributed by atoms with Crippen molar-refractivity contribution in [1.82, 2.24) is 19.9 Å². The van der Waals surface area contributed by atoms with Gasteiger partial charge < -0.3 is 9.62 Å². The van der Waals surface area contributed by atoms with Gasteiger partial charge in [-0.15, -0.1) is 4.48 Å². The molecule has 5 rings (SSSR count). The number of nitrogens with one attached hydrogen (secondary N) is 2. The number of benzene rings is 2. The lowest BCUT2D eigenvalue weighted by Gasteiger charge is -2.27. The molecular weight excluding hydrogens is 516 g/mol. The minimum absolute atomic E-state index is 0.0176. The molecule has 0 saturated heterocycles. The fourth-order valence-corrected chi connectivity index (χ4v) is 4.96. The monoisotopic (exact) mass is 544 g/mol. The third-order valence-electron chi connectivity index (χ3n) is 6.31. The number of nitrogens with zero attached hydrogens (tertiary/aromatic N) is 4. The highest BCUT2D eigenvalue weighted by Gasteiger charge is 2.17. The first-order valence-corrected chi connectivity index (χ1v) is 13.0. The molecule has 4 aromatic rings. The summed E-state index contributed by atoms with van der Waals surface area (Å²) in [5.41, 5.74) is 1.78. The number of aromatic nitrogens is 3. The van der Waals surface area contributed by atoms with Gasteiger partial charge in [-0.1, -0.05) is 25.3 Å². The zero-order valence-corrected chi connectivity index (χ0v) is 21.8. The smallest absolute Gasteiger partial charge is 0.251 e. The molecule has 0 unspecified atom stereocenters. The van der Waals surface area contributed by atoms with Crippen LogP contribution >= 0.6 is 11.9 Å². The number of anilines is 2. The number of hydrogen-bond donors (Lipinski definition) is 2. The molecule has 0 spiro atoms. The standard InChI is InChI=1S/C19H11F4N5S.C8H17N/c20-12-6-13(9-24-8-12)29-28-16-4-2-14(21)17(18(16)22)10-1-3-15-11(5-10)7-25-19(26-15)27-23;1-9(2)8-6-4-3-5-7-8/h1-9,28H,(H,25,26,27);8H,3-7H2,1-2H3. The van der Waals surface area contributed by atoms with Gasteiger partial charge in [0, 0.05) is 28.7 Å². The molecule has 0 radical (unpaired) electrons. The van der Waals surface area contributed by atoms with Crippen LogP contribution in [0.3, 0.4) is 0 Å². The topological polar surface area (TPSA) is 66.0 Å². The van der Waals surface area contributed by atoms with Crippen LogP contribution in [0.15, 0.2) is 59.9 Å². The van der Waals surface area contributed by atoms with Crippen LogP contribution in [0, 0.1) is 17.5 Å². The van der Waals surface area contributed by atoms with Crippen molar-refractivity contribution >= 4 is 34.5 Å². The molecule has 11 heteroatoms. The number of hydrogen-bond acceptors (Lipinski definition) is 7. The van der Waals surface area contributed by atoms with E-state index >= 15 is 4.39 Å². The van der Waals surface area contributed by atoms with Crippen LogP contribution in [0.4, 0.5) is 29.3 Å². The summed E-state index contributed by atoms with van der Waals surface area (Å²) in [7, 11) is 4.38. The van der Waals surface area contributed by atoms with Crippen molar-refractivity contribution in [3.63, 3.8) is 0 Å². The summed E-state index contributed by atoms with van der Waals surface area (Å²) in [6.45, 7) is 0. The van der Waals surface area contributed by atoms with Gasteiger partial charge in [0.2, 0.25) is 0 Å². The summed E-state index contributed by atoms with van der Waals surface area (Å²) < 4.78 is 57.9. The van der Waals surface area contributed by atoms with Gasteiger partial charge in [0.25, 0.3) is 5.95 Å². The number of pyridine rings is 1. The molecule has 2 aromatic heterocycles. The Morgan fingerprint density at radius 2 is 1.74 bits per heavy atom. The van der Waals surface area contributed by atoms with E-state index in [4.69, 9.17) is 0 Å². The summed E-state index contributed by atoms with van der Waals surface area (Å²) in [5.74, 6) is -2.31. The van der Waals surface area contributed by atoms with Crippen LogP contribution < -0.4 is 10.3 Å². The summed E-state index contributed by atoms with van der Waals surface area (Å²) in [4.78, 5) is 14.2. The highest BCUT2D eigenvalue weighted by molar-refractivity contribution is 8.00. The predicted octanol–water partition coefficient (Wildman–Crippen LogP) is 7.41. The van der Waals surface area contributed by atoms with Crippen LogP contribution in [-0.4, -0.2) is 40.0 Å². The Kier molecular flexibility index (Phi) is 9.35. The Bertz CT molecular complexity index is 1380. The van der Waals surface area contributed by atoms with E-state index in [1.54, 1.807) is 0 Å². The van der Waals surface area contributed by atoms with Gasteiger partial charge in [0.05, 0.1) is 23.0 Å². The SMILES string of the molecule is CN(C)C1CCCCC1.FNc1ncc2cc(-c3c(F)ccc(NSc4cncc(F)c4)c3F)ccc2n1. The average Bonchev–Trinajstić information content (AvgIpc) is 2.93. The zero-order valence-electron chi connectivity index (χ0n) is 21.0. The Labute approximate surface area is 223 Å². The van der Waals surface area contributed by atoms with Gasteiger partial charge in [-0.2, -0.15) is 5.54 Å². The van der Waals surface area contributed by atoms with Gasteiger partial charge in [-0.05, 0) is 74.8 Å². The Morgan fingerprint density at radius 1 is 0.947 bits per heavy atom. The van der Waals surface area contributed by atoms with Gasteiger partial charge in [-0.3, -0.25) is 4.98 Å². The fraction of sp³-hybridized carbons (Fsp3) is 0.296. The molecule has 0 atom stereocenters. The van der Waals surface area contributed by atoms with Crippen molar-refractivity contribution < 1.29 is 17.7 Å². The molecule has 1 fully saturated rings. The van der Waals surface area contributed by atoms with Crippen molar-refractivity contribution in [2.75, 3.05) is 24.4 Å². The molecule has 6 nitrogen and oxygen atoms in total. The third kappa shape index (κ3) is 6.90. The molecule has 0 bridgehead atoms. The van der Waals surface area contributed by atoms with Crippen LogP contribution in [0.1, 0.15) is 32.1 Å². The van der Waals surface area contributed by atoms with E-state index in [2.05, 4.69) is 38.7 Å². The molecule has 2 N–H and O–H groups in total. The lowest BCUT2D eigenvalue weighted by molar-refractivity contribution is 0.229. The second kappa shape index (κ2) is 12.9. The van der Waals surface area contributed by atoms with Crippen LogP contribution in [0.5, 0.6) is 0 Å². The molecule has 2 heterocycles. The largest absolute Gasteiger partial charge is 0.323 e. The molecule has 1 saturated carbocycles. The maximum Gasteiger partial charge on any atom is 0.251 e. The molecular formula is C27H28F4N6S. The Balaban J connectivity index is 0.000000317. The second-order valence-corrected chi connectivity index (χ2v) is 10.0. The summed E-state index contributed by atoms with van der Waals surface area (Å²) in [5, 5.41) is 0.485. The van der Waals surface area contributed by atoms with Crippen LogP contribution in [0.2, 0.25) is 0 Å². The maximum atomic E-state index is 15.0. The van der Waals surface area contributed by atoms with Crippen molar-refractivity contribution in [2.45, 2.75) is 43.0 Å². The quantitative estimate of drug-likeness (QED) is 0.149. The number of halogens is 4. The highest BCUT2D eigenvalue weighted by atomic mass is 32.2. The van der Waals surface area contributed by atoms with Gasteiger partial charge in [0.1, 0.15) is 11.6 Å². The first-order chi connectivity index (χ1) is 18.4. The van der Waals surface area contributed by atoms with E-state index in [-0.39, 0.29) is 22.8 Å². The van der Waals surface area contributed by atoms with E-state index in [9.17, 15) is 13.3 Å². The van der Waals surface area contributed by atoms with Crippen LogP contribution in [0.25, 0.3) is 22.0 Å². The summed E-state index contributed by atoms with van der Waals surface area (Å²) in [6, 6.07) is 8.99. The Morgan fingerprint density at radius 3 is 2.42 bits per heavy atom. The molecule has 1 aliphatic carbocycles. The average molecular weight is 545 g/mol. The minimum atomic E-state index is -0.816. The van der Waals surface area contributed by atoms with E-state index in [1.165, 1.54) is 80.4 Å². The molecule has 0 aliphatic heterocycles. The van der Waals surface area contributed by atoms with E-state index in [0.717, 1.165) is 30.3 Å². The lowest BCUT2D eigenvalue weighted by atomic mass is 9.95. The molecule has 38 heavy (non-hydrogen) atoms. The predicted molar refractivity (Wildman–Crippen MR) is 144 cm³/mol. The molecule has 1 aliphatic rings. The normalized spacial score (nSPS) is 13.8. The summed E-state index contributed by atoms with van der Waals surface area (Å²) in [6.07, 6.45) is 11.0. The summed E-state index contributed by atoms with van der Waals surface area (Å²) >= 11 is 0.941. The van der Waals surface area contributed by atoms with Crippen molar-refractivity contribution in [3.05, 3.63) is 72.4 Å². The maximum absolute atomic E-state index is 15.0. The zero-order chi connectivity index (χ0) is 27.1. The third-order valence-corrected chi connectivity index (χ3v) is 7.09. The van der Waals surface area contributed by atoms with E-state index in [0.29, 0.717) is 15.8 Å². The molecule has 2 aromatic carbocycles. The number of fused-ring (bicyclic) bond motifs is 1. The minimum Gasteiger partial charge on any atom is -0.323 e. The fourth-order valence-electron chi connectivity index (χ4n) is 4.29. The first-order valence-electron chi connectivity index (χ1n) is 12.2. The van der Waals surface area contributed by atoms with Crippen LogP contribution in [-0.2, 0) is 0 Å². The Hall–Kier alpha value is -3.44. The first kappa shape index (κ1) is 27.6. The highest BCUT2D eigenvalue weighted by Crippen LogP contribution is 2.34. The number of rotatable bonds is 6. The van der Waals surface area contributed by atoms with E-state index < -0.39 is 17.5 Å². The van der Waals surface area contributed by atoms with Gasteiger partial charge in [-0.25, -0.2) is 23.1 Å². The van der Waals surface area contributed by atoms with E-state index in [1.807, 2.05) is 0 Å². The second-order valence-electron chi connectivity index (χ2n) is 9.14. The van der Waals surface area contributed by atoms with Gasteiger partial charge in [0.15, 0.2) is 5.82 Å². The molecule has 0 amide bonds.